The van der Waals surface area contributed by atoms with Crippen molar-refractivity contribution in [1.29, 1.82) is 0 Å². The van der Waals surface area contributed by atoms with Crippen LogP contribution in [0.1, 0.15) is 34.3 Å². The summed E-state index contributed by atoms with van der Waals surface area (Å²) in [5.74, 6) is -0.101. The Labute approximate surface area is 144 Å². The minimum Gasteiger partial charge on any atom is -0.355 e. The lowest BCUT2D eigenvalue weighted by molar-refractivity contribution is -0.126. The number of piperidine rings is 1. The highest BCUT2D eigenvalue weighted by Gasteiger charge is 2.29. The third-order valence-electron chi connectivity index (χ3n) is 4.15. The maximum Gasteiger partial charge on any atom is 0.254 e. The SMILES string of the molecule is Cc1ccc(C)c(C(=O)N2CCCC(C(=O)NCCN)C2)c1.Cl. The van der Waals surface area contributed by atoms with Crippen LogP contribution >= 0.6 is 12.4 Å². The fourth-order valence-corrected chi connectivity index (χ4v) is 2.85. The molecule has 5 nitrogen and oxygen atoms in total. The van der Waals surface area contributed by atoms with Gasteiger partial charge in [-0.05, 0) is 38.3 Å². The molecule has 1 atom stereocenters. The van der Waals surface area contributed by atoms with E-state index in [1.165, 1.54) is 0 Å². The highest BCUT2D eigenvalue weighted by atomic mass is 35.5. The summed E-state index contributed by atoms with van der Waals surface area (Å²) in [7, 11) is 0. The van der Waals surface area contributed by atoms with E-state index < -0.39 is 0 Å². The maximum absolute atomic E-state index is 12.7. The molecule has 2 amide bonds. The lowest BCUT2D eigenvalue weighted by atomic mass is 9.95. The second-order valence-corrected chi connectivity index (χ2v) is 5.99. The van der Waals surface area contributed by atoms with Gasteiger partial charge in [-0.1, -0.05) is 17.7 Å². The van der Waals surface area contributed by atoms with Gasteiger partial charge in [-0.25, -0.2) is 0 Å². The first-order valence-electron chi connectivity index (χ1n) is 7.87. The Bertz CT molecular complexity index is 563. The number of halogens is 1. The van der Waals surface area contributed by atoms with Gasteiger partial charge < -0.3 is 16.0 Å². The topological polar surface area (TPSA) is 75.4 Å². The first-order chi connectivity index (χ1) is 10.5. The van der Waals surface area contributed by atoms with E-state index in [9.17, 15) is 9.59 Å². The number of hydrogen-bond acceptors (Lipinski definition) is 3. The van der Waals surface area contributed by atoms with Crippen LogP contribution in [0.25, 0.3) is 0 Å². The molecule has 6 heteroatoms. The van der Waals surface area contributed by atoms with Crippen molar-refractivity contribution in [2.24, 2.45) is 11.7 Å². The predicted octanol–water partition coefficient (Wildman–Crippen LogP) is 1.65. The minimum atomic E-state index is -0.130. The molecule has 0 saturated carbocycles. The molecule has 128 valence electrons. The molecule has 23 heavy (non-hydrogen) atoms. The molecule has 1 saturated heterocycles. The van der Waals surface area contributed by atoms with Crippen molar-refractivity contribution in [2.75, 3.05) is 26.2 Å². The van der Waals surface area contributed by atoms with E-state index >= 15 is 0 Å². The highest BCUT2D eigenvalue weighted by Crippen LogP contribution is 2.20. The van der Waals surface area contributed by atoms with Crippen LogP contribution in [0, 0.1) is 19.8 Å². The number of carbonyl (C=O) groups is 2. The number of aryl methyl sites for hydroxylation is 2. The van der Waals surface area contributed by atoms with Crippen molar-refractivity contribution in [2.45, 2.75) is 26.7 Å². The van der Waals surface area contributed by atoms with E-state index in [-0.39, 0.29) is 30.1 Å². The van der Waals surface area contributed by atoms with Crippen LogP contribution in [0.5, 0.6) is 0 Å². The van der Waals surface area contributed by atoms with Crippen LogP contribution < -0.4 is 11.1 Å². The predicted molar refractivity (Wildman–Crippen MR) is 93.9 cm³/mol. The summed E-state index contributed by atoms with van der Waals surface area (Å²) in [5.41, 5.74) is 8.20. The second-order valence-electron chi connectivity index (χ2n) is 5.99. The summed E-state index contributed by atoms with van der Waals surface area (Å²) in [6, 6.07) is 5.90. The molecule has 1 fully saturated rings. The summed E-state index contributed by atoms with van der Waals surface area (Å²) in [4.78, 5) is 26.6. The quantitative estimate of drug-likeness (QED) is 0.875. The van der Waals surface area contributed by atoms with Crippen LogP contribution in [0.3, 0.4) is 0 Å². The van der Waals surface area contributed by atoms with E-state index in [1.54, 1.807) is 4.90 Å². The number of amides is 2. The smallest absolute Gasteiger partial charge is 0.254 e. The largest absolute Gasteiger partial charge is 0.355 e. The molecular weight excluding hydrogens is 314 g/mol. The number of rotatable bonds is 4. The standard InChI is InChI=1S/C17H25N3O2.ClH/c1-12-5-6-13(2)15(10-12)17(22)20-9-3-4-14(11-20)16(21)19-8-7-18;/h5-6,10,14H,3-4,7-9,11,18H2,1-2H3,(H,19,21);1H. The van der Waals surface area contributed by atoms with Crippen molar-refractivity contribution < 1.29 is 9.59 Å². The van der Waals surface area contributed by atoms with Crippen molar-refractivity contribution in [1.82, 2.24) is 10.2 Å². The second kappa shape index (κ2) is 8.89. The van der Waals surface area contributed by atoms with Gasteiger partial charge in [-0.15, -0.1) is 12.4 Å². The summed E-state index contributed by atoms with van der Waals surface area (Å²) in [5, 5.41) is 2.82. The molecule has 1 aromatic carbocycles. The lowest BCUT2D eigenvalue weighted by Crippen LogP contribution is -2.46. The Balaban J connectivity index is 0.00000264. The van der Waals surface area contributed by atoms with Gasteiger partial charge in [0.2, 0.25) is 5.91 Å². The van der Waals surface area contributed by atoms with Gasteiger partial charge in [0.15, 0.2) is 0 Å². The summed E-state index contributed by atoms with van der Waals surface area (Å²) >= 11 is 0. The van der Waals surface area contributed by atoms with Crippen LogP contribution in [-0.4, -0.2) is 42.9 Å². The Morgan fingerprint density at radius 1 is 1.35 bits per heavy atom. The highest BCUT2D eigenvalue weighted by molar-refractivity contribution is 5.96. The molecule has 0 aromatic heterocycles. The fraction of sp³-hybridized carbons (Fsp3) is 0.529. The van der Waals surface area contributed by atoms with Gasteiger partial charge in [-0.2, -0.15) is 0 Å². The molecule has 0 bridgehead atoms. The Kier molecular flexibility index (Phi) is 7.52. The Morgan fingerprint density at radius 3 is 2.78 bits per heavy atom. The van der Waals surface area contributed by atoms with Crippen LogP contribution in [0.2, 0.25) is 0 Å². The molecule has 0 spiro atoms. The van der Waals surface area contributed by atoms with Crippen molar-refractivity contribution in [3.63, 3.8) is 0 Å². The molecule has 1 aliphatic rings. The fourth-order valence-electron chi connectivity index (χ4n) is 2.85. The average molecular weight is 340 g/mol. The number of hydrogen-bond donors (Lipinski definition) is 2. The number of nitrogens with zero attached hydrogens (tertiary/aromatic N) is 1. The van der Waals surface area contributed by atoms with Gasteiger partial charge in [0, 0.05) is 31.7 Å². The monoisotopic (exact) mass is 339 g/mol. The first-order valence-corrected chi connectivity index (χ1v) is 7.87. The van der Waals surface area contributed by atoms with Gasteiger partial charge in [0.05, 0.1) is 5.92 Å². The molecule has 0 aliphatic carbocycles. The first kappa shape index (κ1) is 19.5. The van der Waals surface area contributed by atoms with E-state index in [0.29, 0.717) is 26.2 Å². The van der Waals surface area contributed by atoms with Crippen LogP contribution in [0.4, 0.5) is 0 Å². The number of nitrogens with two attached hydrogens (primary N) is 1. The zero-order valence-electron chi connectivity index (χ0n) is 13.8. The molecule has 1 aromatic rings. The molecule has 1 aliphatic heterocycles. The normalized spacial score (nSPS) is 17.3. The van der Waals surface area contributed by atoms with Crippen LogP contribution in [0.15, 0.2) is 18.2 Å². The molecular formula is C17H26ClN3O2. The van der Waals surface area contributed by atoms with E-state index in [2.05, 4.69) is 5.32 Å². The molecule has 3 N–H and O–H groups in total. The van der Waals surface area contributed by atoms with E-state index in [4.69, 9.17) is 5.73 Å². The third kappa shape index (κ3) is 4.94. The zero-order chi connectivity index (χ0) is 16.1. The summed E-state index contributed by atoms with van der Waals surface area (Å²) in [6.07, 6.45) is 1.68. The van der Waals surface area contributed by atoms with E-state index in [1.807, 2.05) is 32.0 Å². The van der Waals surface area contributed by atoms with Gasteiger partial charge in [-0.3, -0.25) is 9.59 Å². The van der Waals surface area contributed by atoms with Crippen molar-refractivity contribution >= 4 is 24.2 Å². The lowest BCUT2D eigenvalue weighted by Gasteiger charge is -2.32. The van der Waals surface area contributed by atoms with Crippen LogP contribution in [-0.2, 0) is 4.79 Å². The molecule has 0 radical (unpaired) electrons. The van der Waals surface area contributed by atoms with Crippen molar-refractivity contribution in [3.05, 3.63) is 34.9 Å². The maximum atomic E-state index is 12.7. The van der Waals surface area contributed by atoms with Gasteiger partial charge in [0.1, 0.15) is 0 Å². The average Bonchev–Trinajstić information content (AvgIpc) is 2.54. The summed E-state index contributed by atoms with van der Waals surface area (Å²) in [6.45, 7) is 6.05. The number of likely N-dealkylation sites (tertiary alicyclic amines) is 1. The van der Waals surface area contributed by atoms with Crippen molar-refractivity contribution in [3.8, 4) is 0 Å². The van der Waals surface area contributed by atoms with Gasteiger partial charge >= 0.3 is 0 Å². The zero-order valence-corrected chi connectivity index (χ0v) is 14.6. The summed E-state index contributed by atoms with van der Waals surface area (Å²) < 4.78 is 0. The van der Waals surface area contributed by atoms with Gasteiger partial charge in [0.25, 0.3) is 5.91 Å². The minimum absolute atomic E-state index is 0. The Hall–Kier alpha value is -1.59. The van der Waals surface area contributed by atoms with E-state index in [0.717, 1.165) is 29.5 Å². The third-order valence-corrected chi connectivity index (χ3v) is 4.15. The number of nitrogens with one attached hydrogen (secondary N) is 1. The number of benzene rings is 1. The molecule has 1 unspecified atom stereocenters. The molecule has 2 rings (SSSR count). The molecule has 1 heterocycles. The number of carbonyl (C=O) groups excluding carboxylic acids is 2. The Morgan fingerprint density at radius 2 is 2.09 bits per heavy atom.